The minimum Gasteiger partial charge on any atom is -0.365 e. The molecule has 0 aliphatic carbocycles. The lowest BCUT2D eigenvalue weighted by molar-refractivity contribution is -0.149. The van der Waals surface area contributed by atoms with E-state index in [9.17, 15) is 4.79 Å². The largest absolute Gasteiger partial charge is 0.365 e. The van der Waals surface area contributed by atoms with E-state index in [4.69, 9.17) is 10.5 Å². The summed E-state index contributed by atoms with van der Waals surface area (Å²) in [6.45, 7) is 4.09. The molecule has 2 rings (SSSR count). The van der Waals surface area contributed by atoms with Gasteiger partial charge in [0.05, 0.1) is 0 Å². The van der Waals surface area contributed by atoms with Gasteiger partial charge >= 0.3 is 0 Å². The Bertz CT molecular complexity index is 236. The number of nitrogens with zero attached hydrogens (tertiary/aromatic N) is 1. The maximum Gasteiger partial charge on any atom is 0.254 e. The first-order chi connectivity index (χ1) is 6.62. The van der Waals surface area contributed by atoms with Gasteiger partial charge in [-0.15, -0.1) is 0 Å². The molecule has 0 radical (unpaired) electrons. The van der Waals surface area contributed by atoms with Crippen LogP contribution in [0.2, 0.25) is 0 Å². The quantitative estimate of drug-likeness (QED) is 0.651. The van der Waals surface area contributed by atoms with Crippen LogP contribution in [0.1, 0.15) is 26.2 Å². The molecule has 1 unspecified atom stereocenters. The molecule has 0 bridgehead atoms. The van der Waals surface area contributed by atoms with E-state index in [0.717, 1.165) is 25.8 Å². The number of carbonyl (C=O) groups is 1. The van der Waals surface area contributed by atoms with Crippen molar-refractivity contribution >= 4 is 5.91 Å². The molecule has 2 aliphatic rings. The fraction of sp³-hybridized carbons (Fsp3) is 0.900. The van der Waals surface area contributed by atoms with Crippen molar-refractivity contribution < 1.29 is 9.53 Å². The van der Waals surface area contributed by atoms with Crippen LogP contribution >= 0.6 is 0 Å². The summed E-state index contributed by atoms with van der Waals surface area (Å²) in [6, 6.07) is 0.156. The fourth-order valence-electron chi connectivity index (χ4n) is 2.25. The van der Waals surface area contributed by atoms with Crippen molar-refractivity contribution in [3.63, 3.8) is 0 Å². The van der Waals surface area contributed by atoms with Crippen molar-refractivity contribution in [3.8, 4) is 0 Å². The summed E-state index contributed by atoms with van der Waals surface area (Å²) in [6.07, 6.45) is 2.75. The Hall–Kier alpha value is -0.610. The molecule has 2 N–H and O–H groups in total. The minimum absolute atomic E-state index is 0.128. The summed E-state index contributed by atoms with van der Waals surface area (Å²) < 4.78 is 5.52. The second kappa shape index (κ2) is 3.51. The van der Waals surface area contributed by atoms with Crippen LogP contribution in [0.15, 0.2) is 0 Å². The molecule has 0 spiro atoms. The molecule has 1 amide bonds. The van der Waals surface area contributed by atoms with E-state index >= 15 is 0 Å². The molecule has 0 saturated carbocycles. The molecule has 4 heteroatoms. The van der Waals surface area contributed by atoms with Crippen molar-refractivity contribution in [1.82, 2.24) is 4.90 Å². The Balaban J connectivity index is 2.00. The van der Waals surface area contributed by atoms with Crippen molar-refractivity contribution in [2.24, 2.45) is 5.73 Å². The van der Waals surface area contributed by atoms with Crippen LogP contribution in [0.4, 0.5) is 0 Å². The molecular formula is C10H18N2O2. The molecule has 80 valence electrons. The molecule has 2 fully saturated rings. The highest BCUT2D eigenvalue weighted by Crippen LogP contribution is 2.28. The zero-order chi connectivity index (χ0) is 10.2. The fourth-order valence-corrected chi connectivity index (χ4v) is 2.25. The molecule has 0 aromatic carbocycles. The van der Waals surface area contributed by atoms with Gasteiger partial charge in [0.15, 0.2) is 0 Å². The molecule has 4 nitrogen and oxygen atoms in total. The normalized spacial score (nSPS) is 37.9. The number of amides is 1. The molecule has 14 heavy (non-hydrogen) atoms. The summed E-state index contributed by atoms with van der Waals surface area (Å²) >= 11 is 0. The van der Waals surface area contributed by atoms with E-state index in [0.29, 0.717) is 13.2 Å². The van der Waals surface area contributed by atoms with Gasteiger partial charge in [0.25, 0.3) is 5.91 Å². The third-order valence-electron chi connectivity index (χ3n) is 3.18. The van der Waals surface area contributed by atoms with Gasteiger partial charge in [0.1, 0.15) is 5.60 Å². The molecule has 0 aromatic heterocycles. The van der Waals surface area contributed by atoms with Gasteiger partial charge < -0.3 is 15.4 Å². The first-order valence-corrected chi connectivity index (χ1v) is 5.31. The Labute approximate surface area is 84.4 Å². The third-order valence-corrected chi connectivity index (χ3v) is 3.18. The van der Waals surface area contributed by atoms with Crippen LogP contribution in [0.25, 0.3) is 0 Å². The molecule has 2 atom stereocenters. The lowest BCUT2D eigenvalue weighted by atomic mass is 10.0. The highest BCUT2D eigenvalue weighted by atomic mass is 16.5. The van der Waals surface area contributed by atoms with E-state index in [1.807, 2.05) is 11.8 Å². The third kappa shape index (κ3) is 1.64. The summed E-state index contributed by atoms with van der Waals surface area (Å²) in [7, 11) is 0. The van der Waals surface area contributed by atoms with Crippen molar-refractivity contribution in [2.75, 3.05) is 19.7 Å². The Morgan fingerprint density at radius 3 is 2.93 bits per heavy atom. The molecular weight excluding hydrogens is 180 g/mol. The Morgan fingerprint density at radius 2 is 2.43 bits per heavy atom. The summed E-state index contributed by atoms with van der Waals surface area (Å²) in [4.78, 5) is 13.9. The van der Waals surface area contributed by atoms with Gasteiger partial charge in [-0.05, 0) is 26.2 Å². The predicted molar refractivity (Wildman–Crippen MR) is 52.8 cm³/mol. The van der Waals surface area contributed by atoms with Crippen LogP contribution in [-0.2, 0) is 9.53 Å². The summed E-state index contributed by atoms with van der Waals surface area (Å²) in [5, 5.41) is 0. The zero-order valence-corrected chi connectivity index (χ0v) is 8.66. The standard InChI is InChI=1S/C10H18N2O2/c1-10(4-2-6-14-10)9(13)12-5-3-8(11)7-12/h8H,2-7,11H2,1H3/t8-,10?/m0/s1. The number of hydrogen-bond acceptors (Lipinski definition) is 3. The van der Waals surface area contributed by atoms with Crippen LogP contribution in [0, 0.1) is 0 Å². The topological polar surface area (TPSA) is 55.6 Å². The average Bonchev–Trinajstić information content (AvgIpc) is 2.74. The second-order valence-electron chi connectivity index (χ2n) is 4.48. The number of ether oxygens (including phenoxy) is 1. The highest BCUT2D eigenvalue weighted by Gasteiger charge is 2.41. The number of likely N-dealkylation sites (tertiary alicyclic amines) is 1. The van der Waals surface area contributed by atoms with Crippen molar-refractivity contribution in [2.45, 2.75) is 37.8 Å². The van der Waals surface area contributed by atoms with E-state index in [1.54, 1.807) is 0 Å². The predicted octanol–water partition coefficient (Wildman–Crippen LogP) is 0.115. The average molecular weight is 198 g/mol. The van der Waals surface area contributed by atoms with Gasteiger partial charge in [-0.3, -0.25) is 4.79 Å². The maximum absolute atomic E-state index is 12.1. The summed E-state index contributed by atoms with van der Waals surface area (Å²) in [5.41, 5.74) is 5.20. The Kier molecular flexibility index (Phi) is 2.49. The lowest BCUT2D eigenvalue weighted by Gasteiger charge is -2.27. The van der Waals surface area contributed by atoms with E-state index in [1.165, 1.54) is 0 Å². The summed E-state index contributed by atoms with van der Waals surface area (Å²) in [5.74, 6) is 0.128. The maximum atomic E-state index is 12.1. The smallest absolute Gasteiger partial charge is 0.254 e. The Morgan fingerprint density at radius 1 is 1.64 bits per heavy atom. The van der Waals surface area contributed by atoms with Gasteiger partial charge in [-0.25, -0.2) is 0 Å². The van der Waals surface area contributed by atoms with Crippen molar-refractivity contribution in [3.05, 3.63) is 0 Å². The van der Waals surface area contributed by atoms with Crippen molar-refractivity contribution in [1.29, 1.82) is 0 Å². The number of carbonyl (C=O) groups excluding carboxylic acids is 1. The number of nitrogens with two attached hydrogens (primary N) is 1. The van der Waals surface area contributed by atoms with Gasteiger partial charge in [-0.1, -0.05) is 0 Å². The SMILES string of the molecule is CC1(C(=O)N2CC[C@H](N)C2)CCCO1. The monoisotopic (exact) mass is 198 g/mol. The lowest BCUT2D eigenvalue weighted by Crippen LogP contribution is -2.46. The van der Waals surface area contributed by atoms with E-state index in [2.05, 4.69) is 0 Å². The minimum atomic E-state index is -0.565. The number of rotatable bonds is 1. The van der Waals surface area contributed by atoms with Crippen LogP contribution in [-0.4, -0.2) is 42.1 Å². The molecule has 2 saturated heterocycles. The van der Waals surface area contributed by atoms with E-state index in [-0.39, 0.29) is 11.9 Å². The molecule has 0 aromatic rings. The van der Waals surface area contributed by atoms with Gasteiger partial charge in [-0.2, -0.15) is 0 Å². The molecule has 2 heterocycles. The number of hydrogen-bond donors (Lipinski definition) is 1. The highest BCUT2D eigenvalue weighted by molar-refractivity contribution is 5.85. The van der Waals surface area contributed by atoms with Crippen LogP contribution in [0.5, 0.6) is 0 Å². The first-order valence-electron chi connectivity index (χ1n) is 5.31. The first kappa shape index (κ1) is 9.93. The van der Waals surface area contributed by atoms with Gasteiger partial charge in [0, 0.05) is 25.7 Å². The van der Waals surface area contributed by atoms with Crippen LogP contribution < -0.4 is 5.73 Å². The van der Waals surface area contributed by atoms with Gasteiger partial charge in [0.2, 0.25) is 0 Å². The van der Waals surface area contributed by atoms with Crippen LogP contribution in [0.3, 0.4) is 0 Å². The zero-order valence-electron chi connectivity index (χ0n) is 8.66. The van der Waals surface area contributed by atoms with E-state index < -0.39 is 5.60 Å². The second-order valence-corrected chi connectivity index (χ2v) is 4.48. The molecule has 2 aliphatic heterocycles.